The molecule has 0 aromatic heterocycles. The number of nitrogens with zero attached hydrogens (tertiary/aromatic N) is 2. The van der Waals surface area contributed by atoms with Gasteiger partial charge in [-0.3, -0.25) is 14.9 Å². The van der Waals surface area contributed by atoms with Crippen LogP contribution in [0.5, 0.6) is 0 Å². The van der Waals surface area contributed by atoms with Crippen LogP contribution >= 0.6 is 0 Å². The summed E-state index contributed by atoms with van der Waals surface area (Å²) in [4.78, 5) is 24.9. The molecule has 1 aliphatic heterocycles. The van der Waals surface area contributed by atoms with Gasteiger partial charge in [0, 0.05) is 38.7 Å². The highest BCUT2D eigenvalue weighted by Crippen LogP contribution is 2.23. The van der Waals surface area contributed by atoms with Gasteiger partial charge >= 0.3 is 0 Å². The maximum absolute atomic E-state index is 11.9. The molecule has 7 nitrogen and oxygen atoms in total. The Morgan fingerprint density at radius 3 is 2.62 bits per heavy atom. The molecule has 26 heavy (non-hydrogen) atoms. The minimum absolute atomic E-state index is 0.0258. The van der Waals surface area contributed by atoms with Crippen molar-refractivity contribution in [1.29, 1.82) is 0 Å². The molecule has 144 valence electrons. The first kappa shape index (κ1) is 20.2. The number of carbonyl (C=O) groups is 1. The molecule has 0 spiro atoms. The van der Waals surface area contributed by atoms with Gasteiger partial charge in [0.1, 0.15) is 5.69 Å². The number of nitrogens with one attached hydrogen (secondary N) is 2. The third-order valence-corrected chi connectivity index (χ3v) is 4.69. The van der Waals surface area contributed by atoms with Crippen LogP contribution in [0.1, 0.15) is 33.1 Å². The van der Waals surface area contributed by atoms with Crippen molar-refractivity contribution in [2.75, 3.05) is 38.0 Å². The van der Waals surface area contributed by atoms with Crippen molar-refractivity contribution in [3.8, 4) is 0 Å². The monoisotopic (exact) mass is 362 g/mol. The van der Waals surface area contributed by atoms with Crippen LogP contribution in [0.3, 0.4) is 0 Å². The minimum Gasteiger partial charge on any atom is -0.379 e. The second kappa shape index (κ2) is 10.1. The average Bonchev–Trinajstić information content (AvgIpc) is 2.58. The normalized spacial score (nSPS) is 20.5. The fraction of sp³-hybridized carbons (Fsp3) is 0.632. The number of amides is 1. The van der Waals surface area contributed by atoms with Crippen molar-refractivity contribution in [2.45, 2.75) is 33.1 Å². The van der Waals surface area contributed by atoms with Crippen LogP contribution in [0.25, 0.3) is 0 Å². The molecule has 2 rings (SSSR count). The summed E-state index contributed by atoms with van der Waals surface area (Å²) in [6.45, 7) is 8.96. The lowest BCUT2D eigenvalue weighted by molar-refractivity contribution is -0.384. The van der Waals surface area contributed by atoms with Gasteiger partial charge in [-0.15, -0.1) is 0 Å². The fourth-order valence-electron chi connectivity index (χ4n) is 3.69. The highest BCUT2D eigenvalue weighted by Gasteiger charge is 2.21. The largest absolute Gasteiger partial charge is 0.379 e. The summed E-state index contributed by atoms with van der Waals surface area (Å²) in [5.74, 6) is 1.47. The van der Waals surface area contributed by atoms with Crippen molar-refractivity contribution in [1.82, 2.24) is 10.2 Å². The molecule has 0 bridgehead atoms. The molecule has 0 aliphatic carbocycles. The molecule has 1 aromatic carbocycles. The Hall–Kier alpha value is -2.15. The number of hydrogen-bond donors (Lipinski definition) is 2. The van der Waals surface area contributed by atoms with Gasteiger partial charge < -0.3 is 15.5 Å². The van der Waals surface area contributed by atoms with Gasteiger partial charge in [0.2, 0.25) is 5.91 Å². The number of piperidine rings is 1. The summed E-state index contributed by atoms with van der Waals surface area (Å²) >= 11 is 0. The molecule has 1 aromatic rings. The summed E-state index contributed by atoms with van der Waals surface area (Å²) in [7, 11) is 0. The first-order valence-electron chi connectivity index (χ1n) is 9.42. The number of nitro groups is 1. The lowest BCUT2D eigenvalue weighted by Gasteiger charge is -2.34. The van der Waals surface area contributed by atoms with E-state index >= 15 is 0 Å². The number of hydrogen-bond acceptors (Lipinski definition) is 5. The van der Waals surface area contributed by atoms with E-state index in [2.05, 4.69) is 29.4 Å². The third kappa shape index (κ3) is 6.63. The third-order valence-electron chi connectivity index (χ3n) is 4.69. The van der Waals surface area contributed by atoms with Crippen molar-refractivity contribution in [3.63, 3.8) is 0 Å². The maximum Gasteiger partial charge on any atom is 0.292 e. The Bertz CT molecular complexity index is 598. The Labute approximate surface area is 155 Å². The second-order valence-electron chi connectivity index (χ2n) is 7.36. The highest BCUT2D eigenvalue weighted by atomic mass is 16.6. The van der Waals surface area contributed by atoms with Crippen molar-refractivity contribution in [2.24, 2.45) is 11.8 Å². The Morgan fingerprint density at radius 2 is 1.92 bits per heavy atom. The van der Waals surface area contributed by atoms with Crippen LogP contribution < -0.4 is 10.6 Å². The van der Waals surface area contributed by atoms with Gasteiger partial charge in [-0.2, -0.15) is 0 Å². The van der Waals surface area contributed by atoms with Crippen LogP contribution in [-0.2, 0) is 4.79 Å². The lowest BCUT2D eigenvalue weighted by Crippen LogP contribution is -2.40. The molecule has 1 saturated heterocycles. The predicted molar refractivity (Wildman–Crippen MR) is 103 cm³/mol. The zero-order chi connectivity index (χ0) is 18.9. The molecule has 2 N–H and O–H groups in total. The molecular weight excluding hydrogens is 332 g/mol. The van der Waals surface area contributed by atoms with E-state index in [0.717, 1.165) is 37.9 Å². The number of anilines is 1. The Kier molecular flexibility index (Phi) is 7.84. The smallest absolute Gasteiger partial charge is 0.292 e. The van der Waals surface area contributed by atoms with E-state index < -0.39 is 4.92 Å². The van der Waals surface area contributed by atoms with Gasteiger partial charge in [0.05, 0.1) is 4.92 Å². The van der Waals surface area contributed by atoms with Gasteiger partial charge in [0.25, 0.3) is 5.69 Å². The van der Waals surface area contributed by atoms with Crippen LogP contribution in [0, 0.1) is 22.0 Å². The summed E-state index contributed by atoms with van der Waals surface area (Å²) in [6, 6.07) is 6.46. The molecule has 0 saturated carbocycles. The number of para-hydroxylation sites is 2. The van der Waals surface area contributed by atoms with Crippen molar-refractivity contribution >= 4 is 17.3 Å². The number of carbonyl (C=O) groups excluding carboxylic acids is 1. The zero-order valence-electron chi connectivity index (χ0n) is 15.7. The molecule has 2 unspecified atom stereocenters. The van der Waals surface area contributed by atoms with E-state index in [1.165, 1.54) is 12.5 Å². The summed E-state index contributed by atoms with van der Waals surface area (Å²) in [5.41, 5.74) is 0.469. The predicted octanol–water partition coefficient (Wildman–Crippen LogP) is 2.88. The van der Waals surface area contributed by atoms with Gasteiger partial charge in [-0.25, -0.2) is 0 Å². The average molecular weight is 362 g/mol. The van der Waals surface area contributed by atoms with Gasteiger partial charge in [-0.1, -0.05) is 26.0 Å². The molecule has 1 aliphatic rings. The molecular formula is C19H30N4O3. The standard InChI is InChI=1S/C19H30N4O3/c1-15-12-16(2)14-22(13-15)11-5-9-21-19(24)8-10-20-17-6-3-4-7-18(17)23(25)26/h3-4,6-7,15-16,20H,5,8-14H2,1-2H3,(H,21,24). The quantitative estimate of drug-likeness (QED) is 0.401. The van der Waals surface area contributed by atoms with Crippen molar-refractivity contribution in [3.05, 3.63) is 34.4 Å². The molecule has 1 fully saturated rings. The van der Waals surface area contributed by atoms with Crippen LogP contribution in [0.2, 0.25) is 0 Å². The fourth-order valence-corrected chi connectivity index (χ4v) is 3.69. The van der Waals surface area contributed by atoms with E-state index in [1.54, 1.807) is 18.2 Å². The van der Waals surface area contributed by atoms with Crippen molar-refractivity contribution < 1.29 is 9.72 Å². The highest BCUT2D eigenvalue weighted by molar-refractivity contribution is 5.76. The molecule has 2 atom stereocenters. The topological polar surface area (TPSA) is 87.5 Å². The van der Waals surface area contributed by atoms with E-state index in [1.807, 2.05) is 0 Å². The van der Waals surface area contributed by atoms with Crippen LogP contribution in [0.15, 0.2) is 24.3 Å². The second-order valence-corrected chi connectivity index (χ2v) is 7.36. The van der Waals surface area contributed by atoms with Gasteiger partial charge in [-0.05, 0) is 37.3 Å². The van der Waals surface area contributed by atoms with E-state index in [4.69, 9.17) is 0 Å². The Balaban J connectivity index is 1.60. The number of benzene rings is 1. The first-order chi connectivity index (χ1) is 12.5. The SMILES string of the molecule is CC1CC(C)CN(CCCNC(=O)CCNc2ccccc2[N+](=O)[O-])C1. The maximum atomic E-state index is 11.9. The molecule has 0 radical (unpaired) electrons. The van der Waals surface area contributed by atoms with Gasteiger partial charge in [0.15, 0.2) is 0 Å². The summed E-state index contributed by atoms with van der Waals surface area (Å²) in [6.07, 6.45) is 2.55. The lowest BCUT2D eigenvalue weighted by atomic mass is 9.92. The summed E-state index contributed by atoms with van der Waals surface area (Å²) < 4.78 is 0. The Morgan fingerprint density at radius 1 is 1.23 bits per heavy atom. The molecule has 1 heterocycles. The van der Waals surface area contributed by atoms with E-state index in [9.17, 15) is 14.9 Å². The number of nitro benzene ring substituents is 1. The number of likely N-dealkylation sites (tertiary alicyclic amines) is 1. The van der Waals surface area contributed by atoms with Crippen LogP contribution in [-0.4, -0.2) is 48.5 Å². The van der Waals surface area contributed by atoms with E-state index in [0.29, 0.717) is 25.2 Å². The zero-order valence-corrected chi connectivity index (χ0v) is 15.7. The van der Waals surface area contributed by atoms with E-state index in [-0.39, 0.29) is 11.6 Å². The molecule has 7 heteroatoms. The van der Waals surface area contributed by atoms with Crippen LogP contribution in [0.4, 0.5) is 11.4 Å². The first-order valence-corrected chi connectivity index (χ1v) is 9.42. The number of rotatable bonds is 9. The molecule has 1 amide bonds. The summed E-state index contributed by atoms with van der Waals surface area (Å²) in [5, 5.41) is 16.8. The minimum atomic E-state index is -0.426.